The van der Waals surface area contributed by atoms with Crippen LogP contribution in [-0.4, -0.2) is 27.8 Å². The highest BCUT2D eigenvalue weighted by Crippen LogP contribution is 2.28. The minimum absolute atomic E-state index is 0.260. The summed E-state index contributed by atoms with van der Waals surface area (Å²) < 4.78 is 20.5. The molecular formula is C26H25FN4O2S. The number of aryl methyl sites for hydroxylation is 1. The third kappa shape index (κ3) is 5.28. The van der Waals surface area contributed by atoms with Crippen LogP contribution in [0.3, 0.4) is 0 Å². The number of nitrogens with zero attached hydrogens (tertiary/aromatic N) is 3. The monoisotopic (exact) mass is 476 g/mol. The fraction of sp³-hybridized carbons (Fsp3) is 0.192. The zero-order valence-corrected chi connectivity index (χ0v) is 20.0. The number of carbonyl (C=O) groups is 1. The predicted molar refractivity (Wildman–Crippen MR) is 131 cm³/mol. The number of benzene rings is 3. The van der Waals surface area contributed by atoms with Crippen LogP contribution in [0.25, 0.3) is 5.69 Å². The molecular weight excluding hydrogens is 451 g/mol. The van der Waals surface area contributed by atoms with Crippen molar-refractivity contribution in [3.63, 3.8) is 0 Å². The standard InChI is InChI=1S/C26H25FN4O2S/c1-17-8-14-21(15-9-17)31-24(18(2)28-25(32)22-6-4-5-7-23(22)33-3)29-30-26(31)34-16-19-10-12-20(27)13-11-19/h4-15,18H,16H2,1-3H3,(H,28,32). The molecule has 3 aromatic carbocycles. The minimum atomic E-state index is -0.425. The predicted octanol–water partition coefficient (Wildman–Crippen LogP) is 5.51. The lowest BCUT2D eigenvalue weighted by Crippen LogP contribution is -2.29. The van der Waals surface area contributed by atoms with Crippen molar-refractivity contribution in [3.8, 4) is 11.4 Å². The highest BCUT2D eigenvalue weighted by molar-refractivity contribution is 7.98. The van der Waals surface area contributed by atoms with Crippen molar-refractivity contribution < 1.29 is 13.9 Å². The normalized spacial score (nSPS) is 11.8. The van der Waals surface area contributed by atoms with Gasteiger partial charge in [0.2, 0.25) is 0 Å². The van der Waals surface area contributed by atoms with Gasteiger partial charge in [0.1, 0.15) is 11.6 Å². The number of methoxy groups -OCH3 is 1. The highest BCUT2D eigenvalue weighted by Gasteiger charge is 2.22. The van der Waals surface area contributed by atoms with E-state index in [1.807, 2.05) is 48.7 Å². The summed E-state index contributed by atoms with van der Waals surface area (Å²) in [7, 11) is 1.54. The summed E-state index contributed by atoms with van der Waals surface area (Å²) in [6.07, 6.45) is 0. The van der Waals surface area contributed by atoms with Crippen molar-refractivity contribution >= 4 is 17.7 Å². The summed E-state index contributed by atoms with van der Waals surface area (Å²) in [5, 5.41) is 12.5. The second kappa shape index (κ2) is 10.5. The smallest absolute Gasteiger partial charge is 0.255 e. The van der Waals surface area contributed by atoms with Gasteiger partial charge >= 0.3 is 0 Å². The van der Waals surface area contributed by atoms with E-state index in [4.69, 9.17) is 4.74 Å². The van der Waals surface area contributed by atoms with Gasteiger partial charge in [-0.2, -0.15) is 0 Å². The number of halogens is 1. The number of thioether (sulfide) groups is 1. The van der Waals surface area contributed by atoms with E-state index in [1.54, 1.807) is 30.3 Å². The average Bonchev–Trinajstić information content (AvgIpc) is 3.28. The van der Waals surface area contributed by atoms with E-state index in [0.717, 1.165) is 16.8 Å². The number of nitrogens with one attached hydrogen (secondary N) is 1. The summed E-state index contributed by atoms with van der Waals surface area (Å²) in [5.74, 6) is 1.19. The Morgan fingerprint density at radius 2 is 1.76 bits per heavy atom. The van der Waals surface area contributed by atoms with E-state index in [1.165, 1.54) is 31.0 Å². The summed E-state index contributed by atoms with van der Waals surface area (Å²) >= 11 is 1.50. The number of rotatable bonds is 8. The maximum absolute atomic E-state index is 13.3. The number of carbonyl (C=O) groups excluding carboxylic acids is 1. The van der Waals surface area contributed by atoms with Crippen LogP contribution in [0.5, 0.6) is 5.75 Å². The van der Waals surface area contributed by atoms with E-state index in [2.05, 4.69) is 15.5 Å². The highest BCUT2D eigenvalue weighted by atomic mass is 32.2. The molecule has 0 aliphatic carbocycles. The van der Waals surface area contributed by atoms with Crippen molar-refractivity contribution in [2.24, 2.45) is 0 Å². The van der Waals surface area contributed by atoms with Crippen molar-refractivity contribution in [1.29, 1.82) is 0 Å². The molecule has 6 nitrogen and oxygen atoms in total. The number of amides is 1. The molecule has 0 aliphatic rings. The molecule has 8 heteroatoms. The molecule has 1 N–H and O–H groups in total. The van der Waals surface area contributed by atoms with Crippen LogP contribution in [-0.2, 0) is 5.75 Å². The second-order valence-corrected chi connectivity index (χ2v) is 8.76. The van der Waals surface area contributed by atoms with Gasteiger partial charge in [-0.05, 0) is 55.8 Å². The van der Waals surface area contributed by atoms with Gasteiger partial charge in [-0.1, -0.05) is 53.7 Å². The van der Waals surface area contributed by atoms with E-state index in [0.29, 0.717) is 28.0 Å². The third-order valence-electron chi connectivity index (χ3n) is 5.32. The Kier molecular flexibility index (Phi) is 7.27. The fourth-order valence-corrected chi connectivity index (χ4v) is 4.41. The topological polar surface area (TPSA) is 69.0 Å². The second-order valence-electron chi connectivity index (χ2n) is 7.82. The quantitative estimate of drug-likeness (QED) is 0.340. The molecule has 0 aliphatic heterocycles. The summed E-state index contributed by atoms with van der Waals surface area (Å²) in [4.78, 5) is 13.0. The van der Waals surface area contributed by atoms with Crippen molar-refractivity contribution in [1.82, 2.24) is 20.1 Å². The lowest BCUT2D eigenvalue weighted by Gasteiger charge is -2.17. The summed E-state index contributed by atoms with van der Waals surface area (Å²) in [5.41, 5.74) is 3.45. The van der Waals surface area contributed by atoms with E-state index < -0.39 is 6.04 Å². The molecule has 4 aromatic rings. The minimum Gasteiger partial charge on any atom is -0.496 e. The van der Waals surface area contributed by atoms with Crippen LogP contribution in [0.1, 0.15) is 40.3 Å². The Morgan fingerprint density at radius 1 is 1.06 bits per heavy atom. The molecule has 0 saturated heterocycles. The zero-order chi connectivity index (χ0) is 24.1. The van der Waals surface area contributed by atoms with Crippen LogP contribution >= 0.6 is 11.8 Å². The molecule has 1 aromatic heterocycles. The van der Waals surface area contributed by atoms with Crippen LogP contribution in [0.15, 0.2) is 78.0 Å². The maximum Gasteiger partial charge on any atom is 0.255 e. The Balaban J connectivity index is 1.62. The van der Waals surface area contributed by atoms with Crippen molar-refractivity contribution in [2.45, 2.75) is 30.8 Å². The van der Waals surface area contributed by atoms with Gasteiger partial charge < -0.3 is 10.1 Å². The van der Waals surface area contributed by atoms with E-state index in [-0.39, 0.29) is 11.7 Å². The van der Waals surface area contributed by atoms with Crippen LogP contribution in [0.2, 0.25) is 0 Å². The number of aromatic nitrogens is 3. The molecule has 0 saturated carbocycles. The van der Waals surface area contributed by atoms with E-state index in [9.17, 15) is 9.18 Å². The molecule has 0 bridgehead atoms. The largest absolute Gasteiger partial charge is 0.496 e. The number of para-hydroxylation sites is 1. The Hall–Kier alpha value is -3.65. The van der Waals surface area contributed by atoms with Crippen LogP contribution < -0.4 is 10.1 Å². The number of hydrogen-bond donors (Lipinski definition) is 1. The average molecular weight is 477 g/mol. The molecule has 1 atom stereocenters. The van der Waals surface area contributed by atoms with Gasteiger partial charge in [-0.25, -0.2) is 4.39 Å². The van der Waals surface area contributed by atoms with Crippen LogP contribution in [0, 0.1) is 12.7 Å². The van der Waals surface area contributed by atoms with Gasteiger partial charge in [-0.3, -0.25) is 9.36 Å². The fourth-order valence-electron chi connectivity index (χ4n) is 3.49. The lowest BCUT2D eigenvalue weighted by molar-refractivity contribution is 0.0935. The molecule has 0 radical (unpaired) electrons. The van der Waals surface area contributed by atoms with Gasteiger partial charge in [0.05, 0.1) is 18.7 Å². The first-order chi connectivity index (χ1) is 16.5. The molecule has 174 valence electrons. The number of hydrogen-bond acceptors (Lipinski definition) is 5. The molecule has 1 heterocycles. The van der Waals surface area contributed by atoms with Gasteiger partial charge in [-0.15, -0.1) is 10.2 Å². The first-order valence-corrected chi connectivity index (χ1v) is 11.8. The molecule has 1 unspecified atom stereocenters. The lowest BCUT2D eigenvalue weighted by atomic mass is 10.1. The zero-order valence-electron chi connectivity index (χ0n) is 19.2. The summed E-state index contributed by atoms with van der Waals surface area (Å²) in [6, 6.07) is 21.1. The molecule has 34 heavy (non-hydrogen) atoms. The van der Waals surface area contributed by atoms with Gasteiger partial charge in [0, 0.05) is 11.4 Å². The van der Waals surface area contributed by atoms with Crippen LogP contribution in [0.4, 0.5) is 4.39 Å². The van der Waals surface area contributed by atoms with Gasteiger partial charge in [0.25, 0.3) is 5.91 Å². The molecule has 0 fully saturated rings. The number of ether oxygens (including phenoxy) is 1. The first kappa shape index (κ1) is 23.5. The van der Waals surface area contributed by atoms with Gasteiger partial charge in [0.15, 0.2) is 11.0 Å². The van der Waals surface area contributed by atoms with Crippen molar-refractivity contribution in [3.05, 3.63) is 101 Å². The molecule has 0 spiro atoms. The first-order valence-electron chi connectivity index (χ1n) is 10.8. The Morgan fingerprint density at radius 3 is 2.47 bits per heavy atom. The maximum atomic E-state index is 13.3. The Labute approximate surface area is 202 Å². The Bertz CT molecular complexity index is 1270. The summed E-state index contributed by atoms with van der Waals surface area (Å²) in [6.45, 7) is 3.90. The van der Waals surface area contributed by atoms with Crippen molar-refractivity contribution in [2.75, 3.05) is 7.11 Å². The molecule has 1 amide bonds. The van der Waals surface area contributed by atoms with E-state index >= 15 is 0 Å². The molecule has 4 rings (SSSR count). The third-order valence-corrected chi connectivity index (χ3v) is 6.32. The SMILES string of the molecule is COc1ccccc1C(=O)NC(C)c1nnc(SCc2ccc(F)cc2)n1-c1ccc(C)cc1.